The minimum Gasteiger partial charge on any atom is -0.265 e. The first-order chi connectivity index (χ1) is 15.4. The average molecular weight is 657 g/mol. The van der Waals surface area contributed by atoms with Gasteiger partial charge in [0.05, 0.1) is 16.8 Å². The summed E-state index contributed by atoms with van der Waals surface area (Å²) in [6, 6.07) is 14.8. The number of rotatable bonds is 4. The molecule has 2 aromatic carbocycles. The number of aromatic nitrogens is 4. The molecule has 0 spiro atoms. The van der Waals surface area contributed by atoms with Crippen molar-refractivity contribution in [2.24, 2.45) is 0 Å². The molecule has 4 nitrogen and oxygen atoms in total. The van der Waals surface area contributed by atoms with Crippen molar-refractivity contribution in [3.05, 3.63) is 95.6 Å². The van der Waals surface area contributed by atoms with E-state index in [2.05, 4.69) is 22.3 Å². The second-order valence-corrected chi connectivity index (χ2v) is 7.84. The molecule has 4 rings (SSSR count). The maximum Gasteiger partial charge on any atom is 2.00 e. The van der Waals surface area contributed by atoms with Crippen molar-refractivity contribution in [3.63, 3.8) is 0 Å². The van der Waals surface area contributed by atoms with Crippen LogP contribution in [0.4, 0.5) is 26.3 Å². The molecule has 0 amide bonds. The predicted octanol–water partition coefficient (Wildman–Crippen LogP) is 6.02. The Morgan fingerprint density at radius 2 is 1.06 bits per heavy atom. The van der Waals surface area contributed by atoms with Gasteiger partial charge in [0.1, 0.15) is 0 Å². The molecule has 0 saturated carbocycles. The van der Waals surface area contributed by atoms with Crippen LogP contribution in [0.5, 0.6) is 0 Å². The van der Waals surface area contributed by atoms with Gasteiger partial charge in [-0.25, -0.2) is 0 Å². The van der Waals surface area contributed by atoms with Crippen LogP contribution in [-0.2, 0) is 38.8 Å². The zero-order valence-corrected chi connectivity index (χ0v) is 19.9. The molecule has 0 bridgehead atoms. The van der Waals surface area contributed by atoms with Crippen molar-refractivity contribution in [2.45, 2.75) is 31.6 Å². The van der Waals surface area contributed by atoms with Gasteiger partial charge in [0.15, 0.2) is 0 Å². The summed E-state index contributed by atoms with van der Waals surface area (Å²) in [5.74, 6) is 0. The summed E-state index contributed by atoms with van der Waals surface area (Å²) in [5.41, 5.74) is -1.17. The van der Waals surface area contributed by atoms with Crippen molar-refractivity contribution in [1.29, 1.82) is 0 Å². The summed E-state index contributed by atoms with van der Waals surface area (Å²) in [4.78, 5) is 0. The molecule has 0 atom stereocenters. The molecule has 180 valence electrons. The molecule has 11 heteroatoms. The SMILES string of the molecule is CC(C)(c1ccn(-c2[c-]ccc(C(F)(F)F)c2)n1)c1ccn(-c2[c-]ccc(C(F)(F)F)c2)n1.[Pt+2]. The molecule has 0 radical (unpaired) electrons. The Morgan fingerprint density at radius 1 is 0.676 bits per heavy atom. The Kier molecular flexibility index (Phi) is 6.86. The third kappa shape index (κ3) is 5.11. The van der Waals surface area contributed by atoms with E-state index < -0.39 is 28.9 Å². The van der Waals surface area contributed by atoms with Crippen LogP contribution in [0.15, 0.2) is 60.9 Å². The van der Waals surface area contributed by atoms with Gasteiger partial charge in [0, 0.05) is 12.4 Å². The summed E-state index contributed by atoms with van der Waals surface area (Å²) in [5, 5.41) is 8.78. The van der Waals surface area contributed by atoms with Crippen LogP contribution in [0.2, 0.25) is 0 Å². The van der Waals surface area contributed by atoms with Crippen molar-refractivity contribution in [2.75, 3.05) is 0 Å². The first kappa shape index (κ1) is 25.7. The average Bonchev–Trinajstić information content (AvgIpc) is 3.44. The topological polar surface area (TPSA) is 35.6 Å². The summed E-state index contributed by atoms with van der Waals surface area (Å²) < 4.78 is 80.6. The van der Waals surface area contributed by atoms with Gasteiger partial charge < -0.3 is 0 Å². The van der Waals surface area contributed by atoms with E-state index in [-0.39, 0.29) is 32.4 Å². The first-order valence-corrected chi connectivity index (χ1v) is 9.66. The van der Waals surface area contributed by atoms with E-state index in [0.29, 0.717) is 11.4 Å². The Hall–Kier alpha value is -2.87. The second-order valence-electron chi connectivity index (χ2n) is 7.84. The minimum atomic E-state index is -4.49. The molecule has 2 heterocycles. The number of nitrogens with zero attached hydrogens (tertiary/aromatic N) is 4. The van der Waals surface area contributed by atoms with Gasteiger partial charge in [-0.2, -0.15) is 72.9 Å². The van der Waals surface area contributed by atoms with E-state index in [1.807, 2.05) is 0 Å². The van der Waals surface area contributed by atoms with Gasteiger partial charge >= 0.3 is 33.4 Å². The molecule has 2 aromatic heterocycles. The minimum absolute atomic E-state index is 0. The molecule has 34 heavy (non-hydrogen) atoms. The smallest absolute Gasteiger partial charge is 0.265 e. The van der Waals surface area contributed by atoms with E-state index in [4.69, 9.17) is 0 Å². The molecule has 0 saturated heterocycles. The predicted molar refractivity (Wildman–Crippen MR) is 107 cm³/mol. The molecule has 0 aliphatic heterocycles. The fourth-order valence-electron chi connectivity index (χ4n) is 3.24. The molecule has 4 aromatic rings. The Balaban J connectivity index is 0.00000324. The Bertz CT molecular complexity index is 1190. The van der Waals surface area contributed by atoms with Crippen molar-refractivity contribution in [3.8, 4) is 11.4 Å². The van der Waals surface area contributed by atoms with E-state index >= 15 is 0 Å². The first-order valence-electron chi connectivity index (χ1n) is 9.66. The van der Waals surface area contributed by atoms with Gasteiger partial charge in [-0.05, 0) is 37.4 Å². The largest absolute Gasteiger partial charge is 2.00 e. The zero-order valence-electron chi connectivity index (χ0n) is 17.6. The molecular weight excluding hydrogens is 641 g/mol. The second kappa shape index (κ2) is 9.06. The summed E-state index contributed by atoms with van der Waals surface area (Å²) in [6.07, 6.45) is -5.96. The number of halogens is 6. The molecule has 0 aliphatic carbocycles. The van der Waals surface area contributed by atoms with Crippen LogP contribution >= 0.6 is 0 Å². The van der Waals surface area contributed by atoms with Crippen LogP contribution in [0.3, 0.4) is 0 Å². The molecular formula is C23H16F6N4Pt. The fourth-order valence-corrected chi connectivity index (χ4v) is 3.24. The van der Waals surface area contributed by atoms with E-state index in [1.54, 1.807) is 26.0 Å². The van der Waals surface area contributed by atoms with Crippen LogP contribution in [0.1, 0.15) is 36.4 Å². The van der Waals surface area contributed by atoms with Crippen LogP contribution in [0, 0.1) is 12.1 Å². The monoisotopic (exact) mass is 657 g/mol. The number of alkyl halides is 6. The van der Waals surface area contributed by atoms with Crippen LogP contribution in [0.25, 0.3) is 11.4 Å². The van der Waals surface area contributed by atoms with Gasteiger partial charge in [-0.3, -0.25) is 9.36 Å². The standard InChI is InChI=1S/C23H16F6N4.Pt/c1-21(2,19-9-11-32(30-19)17-7-3-5-15(13-17)22(24,25)26)20-10-12-33(31-20)18-8-4-6-16(14-18)23(27,28)29;/h3-6,9-14H,1-2H3;/q-2;+2. The van der Waals surface area contributed by atoms with E-state index in [1.165, 1.54) is 33.9 Å². The van der Waals surface area contributed by atoms with Crippen LogP contribution in [-0.4, -0.2) is 19.6 Å². The maximum absolute atomic E-state index is 13.0. The Morgan fingerprint density at radius 3 is 1.41 bits per heavy atom. The zero-order chi connectivity index (χ0) is 24.0. The third-order valence-corrected chi connectivity index (χ3v) is 5.18. The molecule has 0 unspecified atom stereocenters. The Labute approximate surface area is 205 Å². The molecule has 0 aliphatic rings. The summed E-state index contributed by atoms with van der Waals surface area (Å²) in [6.45, 7) is 3.61. The summed E-state index contributed by atoms with van der Waals surface area (Å²) >= 11 is 0. The number of hydrogen-bond donors (Lipinski definition) is 0. The quantitative estimate of drug-likeness (QED) is 0.199. The number of benzene rings is 2. The molecule has 0 N–H and O–H groups in total. The normalized spacial score (nSPS) is 12.5. The van der Waals surface area contributed by atoms with Crippen molar-refractivity contribution in [1.82, 2.24) is 19.6 Å². The van der Waals surface area contributed by atoms with E-state index in [0.717, 1.165) is 24.3 Å². The van der Waals surface area contributed by atoms with Crippen LogP contribution < -0.4 is 0 Å². The fraction of sp³-hybridized carbons (Fsp3) is 0.217. The summed E-state index contributed by atoms with van der Waals surface area (Å²) in [7, 11) is 0. The molecule has 0 fully saturated rings. The van der Waals surface area contributed by atoms with Crippen molar-refractivity contribution < 1.29 is 47.4 Å². The third-order valence-electron chi connectivity index (χ3n) is 5.18. The van der Waals surface area contributed by atoms with Gasteiger partial charge in [0.25, 0.3) is 0 Å². The van der Waals surface area contributed by atoms with Gasteiger partial charge in [0.2, 0.25) is 0 Å². The van der Waals surface area contributed by atoms with E-state index in [9.17, 15) is 26.3 Å². The van der Waals surface area contributed by atoms with Gasteiger partial charge in [-0.15, -0.1) is 12.1 Å². The van der Waals surface area contributed by atoms with Gasteiger partial charge in [-0.1, -0.05) is 11.1 Å². The maximum atomic E-state index is 13.0. The number of hydrogen-bond acceptors (Lipinski definition) is 2. The van der Waals surface area contributed by atoms with Crippen molar-refractivity contribution >= 4 is 0 Å².